The Hall–Kier alpha value is -2.39. The molecule has 9 heteroatoms. The lowest BCUT2D eigenvalue weighted by atomic mass is 9.79. The van der Waals surface area contributed by atoms with Gasteiger partial charge in [0, 0.05) is 15.7 Å². The molecule has 4 rings (SSSR count). The van der Waals surface area contributed by atoms with E-state index >= 15 is 0 Å². The fraction of sp³-hybridized carbons (Fsp3) is 0.300. The Labute approximate surface area is 181 Å². The molecule has 2 aliphatic heterocycles. The van der Waals surface area contributed by atoms with Crippen molar-refractivity contribution in [1.29, 1.82) is 0 Å². The first kappa shape index (κ1) is 19.9. The van der Waals surface area contributed by atoms with Crippen LogP contribution in [-0.2, 0) is 9.53 Å². The summed E-state index contributed by atoms with van der Waals surface area (Å²) in [5, 5.41) is 3.60. The van der Waals surface area contributed by atoms with Gasteiger partial charge in [0.05, 0.1) is 20.3 Å². The van der Waals surface area contributed by atoms with E-state index in [1.165, 1.54) is 19.2 Å². The molecule has 152 valence electrons. The summed E-state index contributed by atoms with van der Waals surface area (Å²) in [7, 11) is 2.88. The third kappa shape index (κ3) is 3.03. The van der Waals surface area contributed by atoms with E-state index < -0.39 is 23.7 Å². The monoisotopic (exact) mass is 480 g/mol. The van der Waals surface area contributed by atoms with Gasteiger partial charge in [-0.25, -0.2) is 4.39 Å². The standard InChI is InChI=1S/C20H18BrFN2O4S/c1-20-15(18(25)27-3)16(13-8-10(21)9-14(26-2)17(13)28-20)23-19(29)24(20)12-6-4-11(22)5-7-12/h4-9,15-16H,1-3H3,(H,23,29)/t15-,16-,20-/m0/s1. The van der Waals surface area contributed by atoms with Gasteiger partial charge in [-0.3, -0.25) is 9.69 Å². The largest absolute Gasteiger partial charge is 0.493 e. The number of halogens is 2. The minimum absolute atomic E-state index is 0.355. The lowest BCUT2D eigenvalue weighted by Crippen LogP contribution is -2.71. The molecule has 6 nitrogen and oxygen atoms in total. The molecule has 2 heterocycles. The van der Waals surface area contributed by atoms with Crippen LogP contribution in [0.2, 0.25) is 0 Å². The lowest BCUT2D eigenvalue weighted by molar-refractivity contribution is -0.157. The van der Waals surface area contributed by atoms with Gasteiger partial charge in [-0.1, -0.05) is 15.9 Å². The SMILES string of the molecule is COC(=O)[C@@H]1[C@H]2NC(=S)N(c3ccc(F)cc3)[C@@]1(C)Oc1c(OC)cc(Br)cc12. The van der Waals surface area contributed by atoms with Gasteiger partial charge in [-0.05, 0) is 55.5 Å². The average Bonchev–Trinajstić information content (AvgIpc) is 2.68. The maximum atomic E-state index is 13.5. The van der Waals surface area contributed by atoms with E-state index in [1.807, 2.05) is 6.07 Å². The Morgan fingerprint density at radius 2 is 2.00 bits per heavy atom. The molecular formula is C20H18BrFN2O4S. The minimum atomic E-state index is -1.23. The number of ether oxygens (including phenoxy) is 3. The van der Waals surface area contributed by atoms with Crippen LogP contribution in [-0.4, -0.2) is 31.0 Å². The summed E-state index contributed by atoms with van der Waals surface area (Å²) >= 11 is 9.08. The summed E-state index contributed by atoms with van der Waals surface area (Å²) in [5.41, 5.74) is 0.0787. The molecular weight excluding hydrogens is 463 g/mol. The van der Waals surface area contributed by atoms with Crippen molar-refractivity contribution in [2.45, 2.75) is 18.7 Å². The molecule has 0 aromatic heterocycles. The Morgan fingerprint density at radius 3 is 2.62 bits per heavy atom. The number of thiocarbonyl (C=S) groups is 1. The summed E-state index contributed by atoms with van der Waals surface area (Å²) in [6.45, 7) is 1.77. The molecule has 0 amide bonds. The van der Waals surface area contributed by atoms with Crippen molar-refractivity contribution in [3.05, 3.63) is 52.3 Å². The van der Waals surface area contributed by atoms with Gasteiger partial charge in [-0.2, -0.15) is 0 Å². The number of anilines is 1. The second-order valence-corrected chi connectivity index (χ2v) is 8.23. The van der Waals surface area contributed by atoms with Crippen molar-refractivity contribution < 1.29 is 23.4 Å². The third-order valence-electron chi connectivity index (χ3n) is 5.29. The zero-order valence-corrected chi connectivity index (χ0v) is 18.3. The van der Waals surface area contributed by atoms with E-state index in [0.29, 0.717) is 22.3 Å². The zero-order valence-electron chi connectivity index (χ0n) is 15.9. The molecule has 1 saturated heterocycles. The topological polar surface area (TPSA) is 60.0 Å². The molecule has 29 heavy (non-hydrogen) atoms. The van der Waals surface area contributed by atoms with E-state index in [0.717, 1.165) is 10.0 Å². The number of rotatable bonds is 3. The highest BCUT2D eigenvalue weighted by Gasteiger charge is 2.60. The molecule has 2 aromatic rings. The number of esters is 1. The van der Waals surface area contributed by atoms with Crippen molar-refractivity contribution in [2.75, 3.05) is 19.1 Å². The van der Waals surface area contributed by atoms with Gasteiger partial charge in [0.15, 0.2) is 16.6 Å². The first-order valence-electron chi connectivity index (χ1n) is 8.80. The Balaban J connectivity index is 1.94. The molecule has 0 spiro atoms. The minimum Gasteiger partial charge on any atom is -0.493 e. The fourth-order valence-electron chi connectivity index (χ4n) is 4.03. The van der Waals surface area contributed by atoms with Crippen LogP contribution < -0.4 is 19.7 Å². The number of hydrogen-bond donors (Lipinski definition) is 1. The second kappa shape index (κ2) is 7.14. The van der Waals surface area contributed by atoms with E-state index in [9.17, 15) is 9.18 Å². The van der Waals surface area contributed by atoms with Gasteiger partial charge < -0.3 is 19.5 Å². The Bertz CT molecular complexity index is 1000. The van der Waals surface area contributed by atoms with Crippen LogP contribution in [0.5, 0.6) is 11.5 Å². The van der Waals surface area contributed by atoms with Gasteiger partial charge in [0.25, 0.3) is 0 Å². The van der Waals surface area contributed by atoms with E-state index in [1.54, 1.807) is 37.1 Å². The molecule has 1 N–H and O–H groups in total. The van der Waals surface area contributed by atoms with Gasteiger partial charge in [-0.15, -0.1) is 0 Å². The number of carbonyl (C=O) groups excluding carboxylic acids is 1. The van der Waals surface area contributed by atoms with Gasteiger partial charge in [0.1, 0.15) is 11.7 Å². The highest BCUT2D eigenvalue weighted by Crippen LogP contribution is 2.53. The summed E-state index contributed by atoms with van der Waals surface area (Å²) < 4.78 is 31.3. The maximum Gasteiger partial charge on any atom is 0.317 e. The normalized spacial score (nSPS) is 24.9. The van der Waals surface area contributed by atoms with E-state index in [-0.39, 0.29) is 5.82 Å². The fourth-order valence-corrected chi connectivity index (χ4v) is 4.90. The summed E-state index contributed by atoms with van der Waals surface area (Å²) in [6, 6.07) is 8.98. The molecule has 0 aliphatic carbocycles. The van der Waals surface area contributed by atoms with Crippen LogP contribution in [0.1, 0.15) is 18.5 Å². The van der Waals surface area contributed by atoms with Crippen LogP contribution in [0.15, 0.2) is 40.9 Å². The molecule has 2 aromatic carbocycles. The van der Waals surface area contributed by atoms with Gasteiger partial charge >= 0.3 is 5.97 Å². The number of fused-ring (bicyclic) bond motifs is 4. The van der Waals surface area contributed by atoms with Crippen LogP contribution in [0.4, 0.5) is 10.1 Å². The Kier molecular flexibility index (Phi) is 4.90. The molecule has 2 bridgehead atoms. The number of hydrogen-bond acceptors (Lipinski definition) is 5. The first-order chi connectivity index (χ1) is 13.8. The average molecular weight is 481 g/mol. The van der Waals surface area contributed by atoms with E-state index in [2.05, 4.69) is 21.2 Å². The highest BCUT2D eigenvalue weighted by atomic mass is 79.9. The second-order valence-electron chi connectivity index (χ2n) is 6.92. The molecule has 2 aliphatic rings. The zero-order chi connectivity index (χ0) is 20.9. The lowest BCUT2D eigenvalue weighted by Gasteiger charge is -2.55. The van der Waals surface area contributed by atoms with Crippen LogP contribution in [0.25, 0.3) is 0 Å². The van der Waals surface area contributed by atoms with Crippen molar-refractivity contribution in [3.8, 4) is 11.5 Å². The number of nitrogens with one attached hydrogen (secondary N) is 1. The molecule has 0 radical (unpaired) electrons. The van der Waals surface area contributed by atoms with Gasteiger partial charge in [0.2, 0.25) is 5.72 Å². The van der Waals surface area contributed by atoms with Crippen molar-refractivity contribution in [3.63, 3.8) is 0 Å². The molecule has 1 fully saturated rings. The first-order valence-corrected chi connectivity index (χ1v) is 10.0. The summed E-state index contributed by atoms with van der Waals surface area (Å²) in [5.74, 6) is -0.563. The number of methoxy groups -OCH3 is 2. The molecule has 0 unspecified atom stereocenters. The summed E-state index contributed by atoms with van der Waals surface area (Å²) in [6.07, 6.45) is 0. The summed E-state index contributed by atoms with van der Waals surface area (Å²) in [4.78, 5) is 14.5. The van der Waals surface area contributed by atoms with Crippen LogP contribution in [0, 0.1) is 11.7 Å². The van der Waals surface area contributed by atoms with Crippen molar-refractivity contribution in [1.82, 2.24) is 5.32 Å². The molecule has 0 saturated carbocycles. The van der Waals surface area contributed by atoms with Crippen LogP contribution in [0.3, 0.4) is 0 Å². The molecule has 3 atom stereocenters. The van der Waals surface area contributed by atoms with Crippen LogP contribution >= 0.6 is 28.1 Å². The predicted octanol–water partition coefficient (Wildman–Crippen LogP) is 3.93. The smallest absolute Gasteiger partial charge is 0.317 e. The quantitative estimate of drug-likeness (QED) is 0.527. The number of benzene rings is 2. The van der Waals surface area contributed by atoms with Crippen molar-refractivity contribution >= 4 is 44.9 Å². The predicted molar refractivity (Wildman–Crippen MR) is 113 cm³/mol. The van der Waals surface area contributed by atoms with Crippen molar-refractivity contribution in [2.24, 2.45) is 5.92 Å². The highest BCUT2D eigenvalue weighted by molar-refractivity contribution is 9.10. The number of carbonyl (C=O) groups is 1. The maximum absolute atomic E-state index is 13.5. The Morgan fingerprint density at radius 1 is 1.31 bits per heavy atom. The van der Waals surface area contributed by atoms with E-state index in [4.69, 9.17) is 26.4 Å². The number of nitrogens with zero attached hydrogens (tertiary/aromatic N) is 1. The third-order valence-corrected chi connectivity index (χ3v) is 6.05.